The third-order valence-corrected chi connectivity index (χ3v) is 5.47. The van der Waals surface area contributed by atoms with Gasteiger partial charge in [-0.25, -0.2) is 4.98 Å². The highest BCUT2D eigenvalue weighted by Gasteiger charge is 2.14. The summed E-state index contributed by atoms with van der Waals surface area (Å²) in [6.45, 7) is 5.95. The normalized spacial score (nSPS) is 11.8. The molecule has 0 bridgehead atoms. The second-order valence-electron chi connectivity index (χ2n) is 7.31. The standard InChI is InChI=1S/C23H19BrClN3O2/c1-13(2)22-27-20-8-5-15(24)10-19(20)23(29)28(22)26-12-17-7-9-21(30-17)18-11-16(25)6-4-14(18)3/h4-13H,1-3H3. The summed E-state index contributed by atoms with van der Waals surface area (Å²) in [7, 11) is 0. The third kappa shape index (κ3) is 3.98. The van der Waals surface area contributed by atoms with Crippen LogP contribution in [0.4, 0.5) is 0 Å². The highest BCUT2D eigenvalue weighted by Crippen LogP contribution is 2.28. The minimum absolute atomic E-state index is 0.0177. The van der Waals surface area contributed by atoms with Crippen molar-refractivity contribution in [1.29, 1.82) is 0 Å². The minimum Gasteiger partial charge on any atom is -0.455 e. The Kier molecular flexibility index (Phi) is 5.62. The molecule has 0 saturated heterocycles. The molecule has 0 amide bonds. The molecule has 0 aliphatic carbocycles. The molecule has 0 N–H and O–H groups in total. The van der Waals surface area contributed by atoms with Gasteiger partial charge in [-0.1, -0.05) is 47.4 Å². The van der Waals surface area contributed by atoms with Crippen LogP contribution in [0.3, 0.4) is 0 Å². The predicted octanol–water partition coefficient (Wildman–Crippen LogP) is 6.39. The minimum atomic E-state index is -0.223. The number of aromatic nitrogens is 2. The van der Waals surface area contributed by atoms with E-state index >= 15 is 0 Å². The van der Waals surface area contributed by atoms with Crippen LogP contribution >= 0.6 is 27.5 Å². The smallest absolute Gasteiger partial charge is 0.282 e. The molecule has 7 heteroatoms. The number of aryl methyl sites for hydroxylation is 1. The molecular weight excluding hydrogens is 466 g/mol. The average molecular weight is 485 g/mol. The van der Waals surface area contributed by atoms with Crippen LogP contribution in [0, 0.1) is 6.92 Å². The summed E-state index contributed by atoms with van der Waals surface area (Å²) < 4.78 is 8.08. The van der Waals surface area contributed by atoms with E-state index in [1.165, 1.54) is 10.9 Å². The fraction of sp³-hybridized carbons (Fsp3) is 0.174. The number of nitrogens with zero attached hydrogens (tertiary/aromatic N) is 3. The van der Waals surface area contributed by atoms with Gasteiger partial charge < -0.3 is 4.42 Å². The van der Waals surface area contributed by atoms with Crippen LogP contribution in [0.5, 0.6) is 0 Å². The molecule has 0 atom stereocenters. The summed E-state index contributed by atoms with van der Waals surface area (Å²) in [4.78, 5) is 17.7. The van der Waals surface area contributed by atoms with Gasteiger partial charge >= 0.3 is 0 Å². The van der Waals surface area contributed by atoms with Gasteiger partial charge in [0.15, 0.2) is 0 Å². The lowest BCUT2D eigenvalue weighted by Crippen LogP contribution is -2.23. The lowest BCUT2D eigenvalue weighted by atomic mass is 10.1. The van der Waals surface area contributed by atoms with Crippen molar-refractivity contribution >= 4 is 44.6 Å². The fourth-order valence-electron chi connectivity index (χ4n) is 3.19. The Morgan fingerprint density at radius 1 is 1.17 bits per heavy atom. The fourth-order valence-corrected chi connectivity index (χ4v) is 3.73. The maximum atomic E-state index is 13.1. The highest BCUT2D eigenvalue weighted by molar-refractivity contribution is 9.10. The monoisotopic (exact) mass is 483 g/mol. The Hall–Kier alpha value is -2.70. The molecule has 0 spiro atoms. The molecule has 0 unspecified atom stereocenters. The summed E-state index contributed by atoms with van der Waals surface area (Å²) in [6, 6.07) is 14.8. The van der Waals surface area contributed by atoms with Crippen molar-refractivity contribution in [2.45, 2.75) is 26.7 Å². The Bertz CT molecular complexity index is 1340. The van der Waals surface area contributed by atoms with Crippen molar-refractivity contribution < 1.29 is 4.42 Å². The summed E-state index contributed by atoms with van der Waals surface area (Å²) in [5, 5.41) is 5.55. The molecule has 5 nitrogen and oxygen atoms in total. The second-order valence-corrected chi connectivity index (χ2v) is 8.66. The molecular formula is C23H19BrClN3O2. The Morgan fingerprint density at radius 2 is 1.97 bits per heavy atom. The van der Waals surface area contributed by atoms with E-state index in [1.54, 1.807) is 6.07 Å². The summed E-state index contributed by atoms with van der Waals surface area (Å²) >= 11 is 9.53. The van der Waals surface area contributed by atoms with E-state index in [9.17, 15) is 4.79 Å². The van der Waals surface area contributed by atoms with Crippen LogP contribution in [0.25, 0.3) is 22.2 Å². The number of fused-ring (bicyclic) bond motifs is 1. The molecule has 2 heterocycles. The van der Waals surface area contributed by atoms with Gasteiger partial charge in [-0.2, -0.15) is 9.78 Å². The predicted molar refractivity (Wildman–Crippen MR) is 125 cm³/mol. The Morgan fingerprint density at radius 3 is 2.73 bits per heavy atom. The number of benzene rings is 2. The molecule has 0 radical (unpaired) electrons. The lowest BCUT2D eigenvalue weighted by Gasteiger charge is -2.11. The first kappa shape index (κ1) is 20.6. The summed E-state index contributed by atoms with van der Waals surface area (Å²) in [5.74, 6) is 1.82. The molecule has 4 rings (SSSR count). The number of halogens is 2. The van der Waals surface area contributed by atoms with E-state index in [1.807, 2.05) is 63.2 Å². The Labute approximate surface area is 187 Å². The van der Waals surface area contributed by atoms with Gasteiger partial charge in [-0.15, -0.1) is 0 Å². The summed E-state index contributed by atoms with van der Waals surface area (Å²) in [5.41, 5.74) is 2.40. The quantitative estimate of drug-likeness (QED) is 0.315. The van der Waals surface area contributed by atoms with Crippen LogP contribution in [-0.2, 0) is 0 Å². The molecule has 30 heavy (non-hydrogen) atoms. The highest BCUT2D eigenvalue weighted by atomic mass is 79.9. The van der Waals surface area contributed by atoms with Crippen LogP contribution in [0.2, 0.25) is 5.02 Å². The first-order valence-electron chi connectivity index (χ1n) is 9.46. The zero-order valence-electron chi connectivity index (χ0n) is 16.7. The Balaban J connectivity index is 1.77. The van der Waals surface area contributed by atoms with E-state index in [4.69, 9.17) is 16.0 Å². The SMILES string of the molecule is Cc1ccc(Cl)cc1-c1ccc(C=Nn2c(C(C)C)nc3ccc(Br)cc3c2=O)o1. The van der Waals surface area contributed by atoms with Crippen LogP contribution in [-0.4, -0.2) is 15.9 Å². The molecule has 2 aromatic carbocycles. The number of hydrogen-bond donors (Lipinski definition) is 0. The number of hydrogen-bond acceptors (Lipinski definition) is 4. The van der Waals surface area contributed by atoms with Gasteiger partial charge in [-0.05, 0) is 55.0 Å². The maximum Gasteiger partial charge on any atom is 0.282 e. The van der Waals surface area contributed by atoms with Gasteiger partial charge in [0.05, 0.1) is 17.1 Å². The zero-order chi connectivity index (χ0) is 21.4. The second kappa shape index (κ2) is 8.20. The van der Waals surface area contributed by atoms with Crippen LogP contribution in [0.15, 0.2) is 67.3 Å². The van der Waals surface area contributed by atoms with Crippen molar-refractivity contribution in [3.05, 3.63) is 85.5 Å². The van der Waals surface area contributed by atoms with Crippen LogP contribution < -0.4 is 5.56 Å². The molecule has 0 aliphatic heterocycles. The first-order valence-corrected chi connectivity index (χ1v) is 10.6. The van der Waals surface area contributed by atoms with E-state index in [-0.39, 0.29) is 11.5 Å². The largest absolute Gasteiger partial charge is 0.455 e. The van der Waals surface area contributed by atoms with Gasteiger partial charge in [0.25, 0.3) is 5.56 Å². The van der Waals surface area contributed by atoms with E-state index in [0.717, 1.165) is 15.6 Å². The van der Waals surface area contributed by atoms with Crippen LogP contribution in [0.1, 0.15) is 36.9 Å². The van der Waals surface area contributed by atoms with E-state index in [2.05, 4.69) is 26.0 Å². The molecule has 0 saturated carbocycles. The molecule has 0 fully saturated rings. The van der Waals surface area contributed by atoms with Crippen molar-refractivity contribution in [1.82, 2.24) is 9.66 Å². The number of furan rings is 1. The first-order chi connectivity index (χ1) is 14.3. The van der Waals surface area contributed by atoms with Gasteiger partial charge in [0.2, 0.25) is 0 Å². The van der Waals surface area contributed by atoms with Crippen molar-refractivity contribution in [3.63, 3.8) is 0 Å². The zero-order valence-corrected chi connectivity index (χ0v) is 19.0. The topological polar surface area (TPSA) is 60.4 Å². The van der Waals surface area contributed by atoms with Crippen molar-refractivity contribution in [2.24, 2.45) is 5.10 Å². The van der Waals surface area contributed by atoms with Gasteiger partial charge in [-0.3, -0.25) is 4.79 Å². The van der Waals surface area contributed by atoms with Gasteiger partial charge in [0, 0.05) is 21.0 Å². The molecule has 0 aliphatic rings. The summed E-state index contributed by atoms with van der Waals surface area (Å²) in [6.07, 6.45) is 1.53. The molecule has 152 valence electrons. The van der Waals surface area contributed by atoms with Crippen molar-refractivity contribution in [3.8, 4) is 11.3 Å². The lowest BCUT2D eigenvalue weighted by molar-refractivity contribution is 0.572. The van der Waals surface area contributed by atoms with E-state index < -0.39 is 0 Å². The van der Waals surface area contributed by atoms with Crippen molar-refractivity contribution in [2.75, 3.05) is 0 Å². The molecule has 2 aromatic heterocycles. The third-order valence-electron chi connectivity index (χ3n) is 4.74. The van der Waals surface area contributed by atoms with E-state index in [0.29, 0.717) is 33.3 Å². The maximum absolute atomic E-state index is 13.1. The molecule has 4 aromatic rings. The van der Waals surface area contributed by atoms with Gasteiger partial charge in [0.1, 0.15) is 17.3 Å². The number of rotatable bonds is 4. The average Bonchev–Trinajstić information content (AvgIpc) is 3.18.